The average Bonchev–Trinajstić information content (AvgIpc) is 3.09. The van der Waals surface area contributed by atoms with Crippen molar-refractivity contribution in [3.05, 3.63) is 82.2 Å². The van der Waals surface area contributed by atoms with Crippen molar-refractivity contribution in [1.29, 1.82) is 0 Å². The Balaban J connectivity index is 1.72. The minimum absolute atomic E-state index is 0.0428. The topological polar surface area (TPSA) is 65.6 Å². The second-order valence-corrected chi connectivity index (χ2v) is 6.03. The maximum Gasteiger partial charge on any atom is 0.416 e. The van der Waals surface area contributed by atoms with Crippen LogP contribution in [0.25, 0.3) is 16.9 Å². The molecule has 2 heterocycles. The van der Waals surface area contributed by atoms with Crippen LogP contribution in [-0.2, 0) is 12.7 Å². The van der Waals surface area contributed by atoms with Crippen molar-refractivity contribution < 1.29 is 17.6 Å². The van der Waals surface area contributed by atoms with Gasteiger partial charge in [-0.05, 0) is 42.0 Å². The highest BCUT2D eigenvalue weighted by atomic mass is 19.4. The van der Waals surface area contributed by atoms with Crippen molar-refractivity contribution in [2.24, 2.45) is 0 Å². The number of aromatic nitrogens is 5. The monoisotopic (exact) mass is 389 g/mol. The smallest absolute Gasteiger partial charge is 0.293 e. The van der Waals surface area contributed by atoms with Crippen LogP contribution in [0.2, 0.25) is 0 Å². The van der Waals surface area contributed by atoms with E-state index in [9.17, 15) is 22.4 Å². The van der Waals surface area contributed by atoms with E-state index in [-0.39, 0.29) is 17.7 Å². The van der Waals surface area contributed by atoms with Crippen LogP contribution < -0.4 is 5.56 Å². The minimum Gasteiger partial charge on any atom is -0.293 e. The molecule has 0 aliphatic rings. The molecule has 0 N–H and O–H groups in total. The van der Waals surface area contributed by atoms with Crippen molar-refractivity contribution in [1.82, 2.24) is 24.5 Å². The number of hydrogen-bond donors (Lipinski definition) is 0. The lowest BCUT2D eigenvalue weighted by molar-refractivity contribution is -0.137. The van der Waals surface area contributed by atoms with Gasteiger partial charge in [-0.25, -0.2) is 9.37 Å². The van der Waals surface area contributed by atoms with Gasteiger partial charge in [0.1, 0.15) is 12.1 Å². The Morgan fingerprint density at radius 3 is 2.50 bits per heavy atom. The molecule has 2 aromatic carbocycles. The Kier molecular flexibility index (Phi) is 4.17. The molecule has 0 fully saturated rings. The molecule has 6 nitrogen and oxygen atoms in total. The van der Waals surface area contributed by atoms with Gasteiger partial charge in [-0.3, -0.25) is 9.36 Å². The first-order valence-electron chi connectivity index (χ1n) is 8.06. The lowest BCUT2D eigenvalue weighted by atomic mass is 10.1. The van der Waals surface area contributed by atoms with E-state index in [2.05, 4.69) is 15.3 Å². The molecule has 0 amide bonds. The van der Waals surface area contributed by atoms with Crippen LogP contribution >= 0.6 is 0 Å². The Bertz CT molecular complexity index is 1210. The van der Waals surface area contributed by atoms with Gasteiger partial charge in [0, 0.05) is 0 Å². The zero-order valence-electron chi connectivity index (χ0n) is 14.1. The third-order valence-electron chi connectivity index (χ3n) is 4.11. The van der Waals surface area contributed by atoms with Crippen molar-refractivity contribution >= 4 is 11.2 Å². The van der Waals surface area contributed by atoms with Gasteiger partial charge in [0.25, 0.3) is 5.56 Å². The number of rotatable bonds is 3. The summed E-state index contributed by atoms with van der Waals surface area (Å²) in [5, 5.41) is 7.69. The lowest BCUT2D eigenvalue weighted by Gasteiger charge is -2.10. The van der Waals surface area contributed by atoms with Gasteiger partial charge in [-0.15, -0.1) is 5.10 Å². The van der Waals surface area contributed by atoms with Gasteiger partial charge in [0.2, 0.25) is 0 Å². The molecule has 4 aromatic rings. The summed E-state index contributed by atoms with van der Waals surface area (Å²) in [6, 6.07) is 10.1. The molecule has 2 aromatic heterocycles. The summed E-state index contributed by atoms with van der Waals surface area (Å²) in [5.41, 5.74) is -0.462. The molecule has 0 bridgehead atoms. The first-order valence-corrected chi connectivity index (χ1v) is 8.06. The maximum atomic E-state index is 13.1. The number of alkyl halides is 3. The van der Waals surface area contributed by atoms with Gasteiger partial charge in [0.05, 0.1) is 17.8 Å². The van der Waals surface area contributed by atoms with E-state index < -0.39 is 23.1 Å². The van der Waals surface area contributed by atoms with Crippen molar-refractivity contribution in [2.75, 3.05) is 0 Å². The van der Waals surface area contributed by atoms with E-state index in [1.807, 2.05) is 0 Å². The maximum absolute atomic E-state index is 13.1. The highest BCUT2D eigenvalue weighted by Crippen LogP contribution is 2.29. The lowest BCUT2D eigenvalue weighted by Crippen LogP contribution is -2.21. The van der Waals surface area contributed by atoms with Crippen LogP contribution in [0.4, 0.5) is 17.6 Å². The molecule has 0 saturated carbocycles. The highest BCUT2D eigenvalue weighted by Gasteiger charge is 2.30. The summed E-state index contributed by atoms with van der Waals surface area (Å²) in [7, 11) is 0. The first-order chi connectivity index (χ1) is 13.3. The Labute approximate surface area is 154 Å². The van der Waals surface area contributed by atoms with Gasteiger partial charge in [-0.1, -0.05) is 17.3 Å². The third kappa shape index (κ3) is 3.24. The molecule has 10 heteroatoms. The predicted molar refractivity (Wildman–Crippen MR) is 91.4 cm³/mol. The summed E-state index contributed by atoms with van der Waals surface area (Å²) in [5.74, 6) is -0.426. The molecule has 4 rings (SSSR count). The van der Waals surface area contributed by atoms with Crippen LogP contribution in [-0.4, -0.2) is 24.5 Å². The van der Waals surface area contributed by atoms with Crippen LogP contribution in [0.3, 0.4) is 0 Å². The first kappa shape index (κ1) is 17.8. The fourth-order valence-corrected chi connectivity index (χ4v) is 2.76. The number of fused-ring (bicyclic) bond motifs is 1. The fourth-order valence-electron chi connectivity index (χ4n) is 2.76. The minimum atomic E-state index is -4.47. The summed E-state index contributed by atoms with van der Waals surface area (Å²) in [6.45, 7) is -0.102. The Morgan fingerprint density at radius 1 is 1.04 bits per heavy atom. The summed E-state index contributed by atoms with van der Waals surface area (Å²) in [4.78, 5) is 16.8. The number of hydrogen-bond acceptors (Lipinski definition) is 4. The quantitative estimate of drug-likeness (QED) is 0.505. The van der Waals surface area contributed by atoms with E-state index >= 15 is 0 Å². The Morgan fingerprint density at radius 2 is 1.79 bits per heavy atom. The predicted octanol–water partition coefficient (Wildman–Crippen LogP) is 3.18. The largest absolute Gasteiger partial charge is 0.416 e. The molecule has 0 saturated heterocycles. The second-order valence-electron chi connectivity index (χ2n) is 6.03. The zero-order chi connectivity index (χ0) is 19.9. The molecule has 0 unspecified atom stereocenters. The Hall–Kier alpha value is -3.56. The number of halogens is 4. The van der Waals surface area contributed by atoms with E-state index in [0.717, 1.165) is 16.7 Å². The van der Waals surface area contributed by atoms with Gasteiger partial charge in [-0.2, -0.15) is 17.9 Å². The molecule has 142 valence electrons. The second kappa shape index (κ2) is 6.55. The highest BCUT2D eigenvalue weighted by molar-refractivity contribution is 5.70. The van der Waals surface area contributed by atoms with Gasteiger partial charge < -0.3 is 0 Å². The standard InChI is InChI=1S/C18H11F4N5O/c19-13-4-6-14(7-5-13)27-16-15(24-25-27)17(28)26(10-23-16)9-11-2-1-3-12(8-11)18(20,21)22/h1-8,10H,9H2. The summed E-state index contributed by atoms with van der Waals surface area (Å²) < 4.78 is 54.1. The van der Waals surface area contributed by atoms with Crippen LogP contribution in [0.5, 0.6) is 0 Å². The molecular weight excluding hydrogens is 378 g/mol. The molecule has 0 radical (unpaired) electrons. The van der Waals surface area contributed by atoms with Crippen molar-refractivity contribution in [3.8, 4) is 5.69 Å². The molecular formula is C18H11F4N5O. The number of benzene rings is 2. The van der Waals surface area contributed by atoms with Gasteiger partial charge >= 0.3 is 6.18 Å². The normalized spacial score (nSPS) is 11.9. The van der Waals surface area contributed by atoms with E-state index in [1.54, 1.807) is 0 Å². The van der Waals surface area contributed by atoms with Crippen LogP contribution in [0.15, 0.2) is 59.7 Å². The van der Waals surface area contributed by atoms with Crippen LogP contribution in [0.1, 0.15) is 11.1 Å². The van der Waals surface area contributed by atoms with Gasteiger partial charge in [0.15, 0.2) is 11.2 Å². The summed E-state index contributed by atoms with van der Waals surface area (Å²) in [6.07, 6.45) is -3.25. The van der Waals surface area contributed by atoms with E-state index in [0.29, 0.717) is 11.3 Å². The van der Waals surface area contributed by atoms with E-state index in [1.165, 1.54) is 47.4 Å². The molecule has 28 heavy (non-hydrogen) atoms. The fraction of sp³-hybridized carbons (Fsp3) is 0.111. The zero-order valence-corrected chi connectivity index (χ0v) is 14.1. The number of nitrogens with zero attached hydrogens (tertiary/aromatic N) is 5. The average molecular weight is 389 g/mol. The van der Waals surface area contributed by atoms with E-state index in [4.69, 9.17) is 0 Å². The SMILES string of the molecule is O=c1c2nnn(-c3ccc(F)cc3)c2ncn1Cc1cccc(C(F)(F)F)c1. The van der Waals surface area contributed by atoms with Crippen molar-refractivity contribution in [3.63, 3.8) is 0 Å². The molecule has 0 atom stereocenters. The molecule has 0 aliphatic carbocycles. The van der Waals surface area contributed by atoms with Crippen molar-refractivity contribution in [2.45, 2.75) is 12.7 Å². The summed E-state index contributed by atoms with van der Waals surface area (Å²) >= 11 is 0. The molecule has 0 spiro atoms. The van der Waals surface area contributed by atoms with Crippen LogP contribution in [0, 0.1) is 5.82 Å². The molecule has 0 aliphatic heterocycles. The third-order valence-corrected chi connectivity index (χ3v) is 4.11.